The van der Waals surface area contributed by atoms with Crippen LogP contribution in [0.2, 0.25) is 0 Å². The number of hydrogen-bond donors (Lipinski definition) is 0. The van der Waals surface area contributed by atoms with Crippen molar-refractivity contribution in [3.8, 4) is 12.1 Å². The van der Waals surface area contributed by atoms with Crippen molar-refractivity contribution in [3.05, 3.63) is 357 Å². The molecule has 13 aromatic carbocycles. The van der Waals surface area contributed by atoms with E-state index >= 15 is 0 Å². The largest absolute Gasteiger partial charge is 0.345 e. The molecule has 0 atom stereocenters. The number of nitriles is 2. The molecule has 0 saturated carbocycles. The number of hydrogen-bond acceptors (Lipinski definition) is 8. The molecule has 8 nitrogen and oxygen atoms in total. The minimum absolute atomic E-state index is 0.658. The summed E-state index contributed by atoms with van der Waals surface area (Å²) in [5.74, 6) is 0. The first kappa shape index (κ1) is 58.7. The van der Waals surface area contributed by atoms with Crippen molar-refractivity contribution in [2.24, 2.45) is 0 Å². The van der Waals surface area contributed by atoms with Gasteiger partial charge in [0.25, 0.3) is 0 Å². The third kappa shape index (κ3) is 14.2. The molecule has 13 rings (SSSR count). The van der Waals surface area contributed by atoms with Crippen LogP contribution < -0.4 is 29.4 Å². The molecule has 0 radical (unpaired) electrons. The zero-order valence-corrected chi connectivity index (χ0v) is 50.0. The first-order chi connectivity index (χ1) is 43.8. The summed E-state index contributed by atoms with van der Waals surface area (Å²) in [5.41, 5.74) is 17.9. The summed E-state index contributed by atoms with van der Waals surface area (Å²) in [6.45, 7) is 0. The highest BCUT2D eigenvalue weighted by Gasteiger charge is 2.18. The van der Waals surface area contributed by atoms with Crippen LogP contribution >= 0.6 is 0 Å². The minimum atomic E-state index is 0.658. The van der Waals surface area contributed by atoms with Crippen molar-refractivity contribution in [3.63, 3.8) is 0 Å². The van der Waals surface area contributed by atoms with Crippen LogP contribution in [-0.2, 0) is 0 Å². The fourth-order valence-corrected chi connectivity index (χ4v) is 10.7. The minimum Gasteiger partial charge on any atom is -0.345 e. The molecule has 0 spiro atoms. The average Bonchev–Trinajstić information content (AvgIpc) is 2.37. The Bertz CT molecular complexity index is 4320. The third-order valence-corrected chi connectivity index (χ3v) is 15.5. The molecule has 0 unspecified atom stereocenters. The lowest BCUT2D eigenvalue weighted by Crippen LogP contribution is -2.12. The lowest BCUT2D eigenvalue weighted by atomic mass is 10.1. The van der Waals surface area contributed by atoms with Gasteiger partial charge in [-0.15, -0.1) is 0 Å². The van der Waals surface area contributed by atoms with E-state index in [1.807, 2.05) is 93.0 Å². The topological polar surface area (TPSA) is 67.0 Å². The molecule has 0 amide bonds. The molecule has 13 aromatic rings. The number of rotatable bonds is 15. The summed E-state index contributed by atoms with van der Waals surface area (Å²) in [4.78, 5) is 13.2. The van der Waals surface area contributed by atoms with E-state index in [0.717, 1.165) is 73.9 Å². The molecule has 0 aliphatic carbocycles. The fraction of sp³-hybridized carbons (Fsp3) is 0.0370. The zero-order chi connectivity index (χ0) is 61.2. The van der Waals surface area contributed by atoms with Gasteiger partial charge < -0.3 is 29.4 Å². The number of benzene rings is 13. The van der Waals surface area contributed by atoms with Crippen molar-refractivity contribution in [2.45, 2.75) is 0 Å². The van der Waals surface area contributed by atoms with Crippen molar-refractivity contribution >= 4 is 96.1 Å². The number of para-hydroxylation sites is 6. The van der Waals surface area contributed by atoms with Crippen molar-refractivity contribution < 1.29 is 0 Å². The van der Waals surface area contributed by atoms with Gasteiger partial charge in [0.1, 0.15) is 0 Å². The maximum absolute atomic E-state index is 9.15. The highest BCUT2D eigenvalue weighted by atomic mass is 15.2. The molecule has 89 heavy (non-hydrogen) atoms. The smallest absolute Gasteiger partial charge is 0.0992 e. The first-order valence-corrected chi connectivity index (χ1v) is 29.5. The van der Waals surface area contributed by atoms with Gasteiger partial charge in [0, 0.05) is 106 Å². The van der Waals surface area contributed by atoms with Gasteiger partial charge in [-0.3, -0.25) is 0 Å². The quantitative estimate of drug-likeness (QED) is 0.101. The lowest BCUT2D eigenvalue weighted by Gasteiger charge is -2.27. The first-order valence-electron chi connectivity index (χ1n) is 29.5. The molecule has 0 N–H and O–H groups in total. The second-order valence-electron chi connectivity index (χ2n) is 21.1. The van der Waals surface area contributed by atoms with E-state index in [2.05, 4.69) is 316 Å². The maximum atomic E-state index is 9.15. The summed E-state index contributed by atoms with van der Waals surface area (Å²) < 4.78 is 0. The monoisotopic (exact) mass is 1150 g/mol. The highest BCUT2D eigenvalue weighted by Crippen LogP contribution is 2.41. The fourth-order valence-electron chi connectivity index (χ4n) is 10.7. The van der Waals surface area contributed by atoms with Crippen molar-refractivity contribution in [1.82, 2.24) is 0 Å². The Labute approximate surface area is 523 Å². The third-order valence-electron chi connectivity index (χ3n) is 15.5. The average molecular weight is 1150 g/mol. The Morgan fingerprint density at radius 3 is 0.865 bits per heavy atom. The molecule has 430 valence electrons. The SMILES string of the molecule is CN(c1ccc(C#N)cc1)c1ccc(N(c2ccccc2)c2ccccc2)cc1.CN(c1ccc(N(c2ccccc2)c2ccccc2)cc1)c1cccc(C#N)c1.CN(c1ccccc1)c1ccc(N(c2ccccc2)c2cccc3ccccc23)cc1. The summed E-state index contributed by atoms with van der Waals surface area (Å²) >= 11 is 0. The lowest BCUT2D eigenvalue weighted by molar-refractivity contribution is 1.20. The van der Waals surface area contributed by atoms with Gasteiger partial charge in [-0.2, -0.15) is 10.5 Å². The van der Waals surface area contributed by atoms with Crippen molar-refractivity contribution in [2.75, 3.05) is 50.5 Å². The molecule has 0 saturated heterocycles. The highest BCUT2D eigenvalue weighted by molar-refractivity contribution is 5.99. The predicted molar refractivity (Wildman–Crippen MR) is 374 cm³/mol. The Hall–Kier alpha value is -12.1. The zero-order valence-electron chi connectivity index (χ0n) is 50.0. The van der Waals surface area contributed by atoms with Crippen molar-refractivity contribution in [1.29, 1.82) is 10.5 Å². The normalized spacial score (nSPS) is 10.4. The molecule has 8 heteroatoms. The van der Waals surface area contributed by atoms with E-state index in [4.69, 9.17) is 10.5 Å². The predicted octanol–water partition coefficient (Wildman–Crippen LogP) is 21.7. The van der Waals surface area contributed by atoms with Gasteiger partial charge in [0.05, 0.1) is 29.0 Å². The Morgan fingerprint density at radius 2 is 0.472 bits per heavy atom. The number of anilines is 15. The summed E-state index contributed by atoms with van der Waals surface area (Å²) in [6.07, 6.45) is 0. The van der Waals surface area contributed by atoms with Gasteiger partial charge in [-0.25, -0.2) is 0 Å². The van der Waals surface area contributed by atoms with E-state index < -0.39 is 0 Å². The summed E-state index contributed by atoms with van der Waals surface area (Å²) in [5, 5.41) is 20.6. The van der Waals surface area contributed by atoms with Crippen LogP contribution in [0.4, 0.5) is 85.3 Å². The van der Waals surface area contributed by atoms with Gasteiger partial charge in [-0.1, -0.05) is 152 Å². The second kappa shape index (κ2) is 28.7. The van der Waals surface area contributed by atoms with Crippen LogP contribution in [0.5, 0.6) is 0 Å². The van der Waals surface area contributed by atoms with Gasteiger partial charge in [0.15, 0.2) is 0 Å². The molecule has 0 aliphatic heterocycles. The molecular weight excluding hydrogens is 1080 g/mol. The van der Waals surface area contributed by atoms with Gasteiger partial charge >= 0.3 is 0 Å². The van der Waals surface area contributed by atoms with Gasteiger partial charge in [0.2, 0.25) is 0 Å². The van der Waals surface area contributed by atoms with E-state index in [9.17, 15) is 0 Å². The summed E-state index contributed by atoms with van der Waals surface area (Å²) in [6, 6.07) is 123. The van der Waals surface area contributed by atoms with E-state index in [1.54, 1.807) is 0 Å². The van der Waals surface area contributed by atoms with E-state index in [1.165, 1.54) is 22.1 Å². The number of nitrogens with zero attached hydrogens (tertiary/aromatic N) is 8. The molecule has 0 fully saturated rings. The standard InChI is InChI=1S/C29H24N2.2C26H21N3/c1-30(24-13-4-2-5-14-24)25-19-21-27(22-20-25)31(26-15-6-3-7-16-26)29-18-10-12-23-11-8-9-17-28(23)29;1-28(26-14-8-9-21(19-26)20-27)22-15-17-25(18-16-22)29(23-10-4-2-5-11-23)24-12-6-3-7-13-24;1-28(22-14-12-21(20-27)13-15-22)23-16-18-26(19-17-23)29(24-8-4-2-5-9-24)25-10-6-3-7-11-25/h2-22H,1H3;2*2-19H,1H3. The van der Waals surface area contributed by atoms with Crippen LogP contribution in [0.3, 0.4) is 0 Å². The van der Waals surface area contributed by atoms with Crippen LogP contribution in [0.25, 0.3) is 10.8 Å². The van der Waals surface area contributed by atoms with E-state index in [-0.39, 0.29) is 0 Å². The molecule has 0 aromatic heterocycles. The van der Waals surface area contributed by atoms with Gasteiger partial charge in [-0.05, 0) is 200 Å². The second-order valence-corrected chi connectivity index (χ2v) is 21.1. The number of fused-ring (bicyclic) bond motifs is 1. The molecule has 0 bridgehead atoms. The summed E-state index contributed by atoms with van der Waals surface area (Å²) in [7, 11) is 6.14. The molecule has 0 aliphatic rings. The van der Waals surface area contributed by atoms with Crippen LogP contribution in [0, 0.1) is 22.7 Å². The molecule has 0 heterocycles. The Kier molecular flexibility index (Phi) is 18.9. The van der Waals surface area contributed by atoms with Crippen LogP contribution in [-0.4, -0.2) is 21.1 Å². The van der Waals surface area contributed by atoms with E-state index in [0.29, 0.717) is 11.1 Å². The molecular formula is C81H66N8. The van der Waals surface area contributed by atoms with Crippen LogP contribution in [0.15, 0.2) is 346 Å². The Morgan fingerprint density at radius 1 is 0.213 bits per heavy atom. The maximum Gasteiger partial charge on any atom is 0.0992 e. The Balaban J connectivity index is 0.000000138. The van der Waals surface area contributed by atoms with Crippen LogP contribution in [0.1, 0.15) is 11.1 Å².